The quantitative estimate of drug-likeness (QED) is 0.769. The lowest BCUT2D eigenvalue weighted by Crippen LogP contribution is -2.31. The van der Waals surface area contributed by atoms with Gasteiger partial charge in [0.05, 0.1) is 10.9 Å². The summed E-state index contributed by atoms with van der Waals surface area (Å²) in [6, 6.07) is 11.7. The topological polar surface area (TPSA) is 72.5 Å². The lowest BCUT2D eigenvalue weighted by molar-refractivity contribution is -0.123. The fourth-order valence-electron chi connectivity index (χ4n) is 2.23. The minimum atomic E-state index is -3.22. The summed E-state index contributed by atoms with van der Waals surface area (Å²) in [6.07, 6.45) is 1.16. The van der Waals surface area contributed by atoms with E-state index in [-0.39, 0.29) is 23.5 Å². The predicted octanol–water partition coefficient (Wildman–Crippen LogP) is 3.42. The normalized spacial score (nSPS) is 12.5. The van der Waals surface area contributed by atoms with Crippen LogP contribution in [0.2, 0.25) is 0 Å². The van der Waals surface area contributed by atoms with E-state index in [1.807, 2.05) is 26.0 Å². The van der Waals surface area contributed by atoms with E-state index < -0.39 is 9.84 Å². The third-order valence-corrected chi connectivity index (χ3v) is 5.70. The number of rotatable bonds is 6. The van der Waals surface area contributed by atoms with Gasteiger partial charge in [0.15, 0.2) is 16.4 Å². The van der Waals surface area contributed by atoms with Crippen LogP contribution in [-0.4, -0.2) is 27.2 Å². The van der Waals surface area contributed by atoms with E-state index >= 15 is 0 Å². The van der Waals surface area contributed by atoms with E-state index in [0.29, 0.717) is 5.75 Å². The highest BCUT2D eigenvalue weighted by molar-refractivity contribution is 9.10. The maximum Gasteiger partial charge on any atom is 0.258 e. The summed E-state index contributed by atoms with van der Waals surface area (Å²) >= 11 is 3.41. The number of halogens is 1. The van der Waals surface area contributed by atoms with Crippen molar-refractivity contribution in [3.63, 3.8) is 0 Å². The van der Waals surface area contributed by atoms with E-state index in [0.717, 1.165) is 21.9 Å². The fraction of sp³-hybridized carbons (Fsp3) is 0.278. The highest BCUT2D eigenvalue weighted by Gasteiger charge is 2.12. The van der Waals surface area contributed by atoms with Gasteiger partial charge in [-0.05, 0) is 55.3 Å². The first-order valence-corrected chi connectivity index (χ1v) is 10.3. The number of sulfone groups is 1. The van der Waals surface area contributed by atoms with Crippen LogP contribution < -0.4 is 10.1 Å². The summed E-state index contributed by atoms with van der Waals surface area (Å²) in [5.41, 5.74) is 1.84. The average molecular weight is 426 g/mol. The van der Waals surface area contributed by atoms with Crippen molar-refractivity contribution in [2.75, 3.05) is 12.9 Å². The van der Waals surface area contributed by atoms with E-state index in [9.17, 15) is 13.2 Å². The Hall–Kier alpha value is -1.86. The summed E-state index contributed by atoms with van der Waals surface area (Å²) in [5.74, 6) is 0.376. The Morgan fingerprint density at radius 2 is 1.84 bits per heavy atom. The molecule has 0 bridgehead atoms. The first kappa shape index (κ1) is 19.5. The molecule has 0 aromatic heterocycles. The number of hydrogen-bond acceptors (Lipinski definition) is 4. The van der Waals surface area contributed by atoms with Gasteiger partial charge in [-0.25, -0.2) is 8.42 Å². The smallest absolute Gasteiger partial charge is 0.258 e. The molecule has 0 fully saturated rings. The van der Waals surface area contributed by atoms with Gasteiger partial charge in [0, 0.05) is 10.7 Å². The maximum absolute atomic E-state index is 12.0. The minimum absolute atomic E-state index is 0.0904. The summed E-state index contributed by atoms with van der Waals surface area (Å²) in [6.45, 7) is 3.68. The Kier molecular flexibility index (Phi) is 6.24. The molecule has 2 aromatic rings. The number of amides is 1. The van der Waals surface area contributed by atoms with Gasteiger partial charge in [-0.2, -0.15) is 0 Å². The van der Waals surface area contributed by atoms with Gasteiger partial charge >= 0.3 is 0 Å². The highest BCUT2D eigenvalue weighted by atomic mass is 79.9. The summed E-state index contributed by atoms with van der Waals surface area (Å²) in [5, 5.41) is 2.83. The lowest BCUT2D eigenvalue weighted by Gasteiger charge is -2.15. The number of hydrogen-bond donors (Lipinski definition) is 1. The zero-order valence-electron chi connectivity index (χ0n) is 14.2. The number of carbonyl (C=O) groups is 1. The van der Waals surface area contributed by atoms with Gasteiger partial charge < -0.3 is 10.1 Å². The molecule has 0 radical (unpaired) electrons. The van der Waals surface area contributed by atoms with Crippen molar-refractivity contribution in [1.29, 1.82) is 0 Å². The predicted molar refractivity (Wildman–Crippen MR) is 100 cm³/mol. The van der Waals surface area contributed by atoms with Gasteiger partial charge in [-0.3, -0.25) is 4.79 Å². The zero-order chi connectivity index (χ0) is 18.6. The Bertz CT molecular complexity index is 863. The van der Waals surface area contributed by atoms with Crippen LogP contribution in [0.25, 0.3) is 0 Å². The second-order valence-corrected chi connectivity index (χ2v) is 8.70. The molecular formula is C18H20BrNO4S. The van der Waals surface area contributed by atoms with Crippen molar-refractivity contribution >= 4 is 31.7 Å². The Balaban J connectivity index is 1.92. The zero-order valence-corrected chi connectivity index (χ0v) is 16.6. The lowest BCUT2D eigenvalue weighted by atomic mass is 10.1. The molecule has 1 atom stereocenters. The first-order chi connectivity index (χ1) is 11.7. The number of benzene rings is 2. The van der Waals surface area contributed by atoms with Crippen LogP contribution in [0.4, 0.5) is 0 Å². The molecule has 7 heteroatoms. The van der Waals surface area contributed by atoms with Crippen LogP contribution in [0.1, 0.15) is 24.1 Å². The Morgan fingerprint density at radius 1 is 1.20 bits per heavy atom. The molecular weight excluding hydrogens is 406 g/mol. The molecule has 2 aromatic carbocycles. The minimum Gasteiger partial charge on any atom is -0.484 e. The molecule has 0 heterocycles. The molecule has 1 amide bonds. The fourth-order valence-corrected chi connectivity index (χ4v) is 3.10. The summed E-state index contributed by atoms with van der Waals surface area (Å²) in [4.78, 5) is 12.3. The van der Waals surface area contributed by atoms with Crippen LogP contribution in [0.5, 0.6) is 5.75 Å². The molecule has 25 heavy (non-hydrogen) atoms. The third kappa shape index (κ3) is 5.57. The van der Waals surface area contributed by atoms with E-state index in [4.69, 9.17) is 4.74 Å². The van der Waals surface area contributed by atoms with Crippen molar-refractivity contribution in [3.05, 3.63) is 58.1 Å². The van der Waals surface area contributed by atoms with Gasteiger partial charge in [-0.1, -0.05) is 28.1 Å². The maximum atomic E-state index is 12.0. The summed E-state index contributed by atoms with van der Waals surface area (Å²) < 4.78 is 29.4. The van der Waals surface area contributed by atoms with Crippen LogP contribution in [0, 0.1) is 6.92 Å². The molecule has 0 unspecified atom stereocenters. The van der Waals surface area contributed by atoms with E-state index in [1.165, 1.54) is 12.1 Å². The van der Waals surface area contributed by atoms with Crippen LogP contribution in [-0.2, 0) is 14.6 Å². The Morgan fingerprint density at radius 3 is 2.40 bits per heavy atom. The molecule has 0 saturated heterocycles. The molecule has 5 nitrogen and oxygen atoms in total. The molecule has 0 saturated carbocycles. The number of nitrogens with one attached hydrogen (secondary N) is 1. The SMILES string of the molecule is Cc1cc(OCC(=O)N[C@@H](C)c2ccc(S(C)(=O)=O)cc2)ccc1Br. The van der Waals surface area contributed by atoms with E-state index in [2.05, 4.69) is 21.2 Å². The van der Waals surface area contributed by atoms with Gasteiger partial charge in [0.25, 0.3) is 5.91 Å². The van der Waals surface area contributed by atoms with Crippen LogP contribution >= 0.6 is 15.9 Å². The monoisotopic (exact) mass is 425 g/mol. The van der Waals surface area contributed by atoms with Crippen LogP contribution in [0.15, 0.2) is 51.8 Å². The highest BCUT2D eigenvalue weighted by Crippen LogP contribution is 2.21. The largest absolute Gasteiger partial charge is 0.484 e. The van der Waals surface area contributed by atoms with E-state index in [1.54, 1.807) is 18.2 Å². The van der Waals surface area contributed by atoms with Crippen molar-refractivity contribution in [2.45, 2.75) is 24.8 Å². The second-order valence-electron chi connectivity index (χ2n) is 5.83. The Labute approximate surface area is 156 Å². The summed E-state index contributed by atoms with van der Waals surface area (Å²) in [7, 11) is -3.22. The molecule has 134 valence electrons. The van der Waals surface area contributed by atoms with Gasteiger partial charge in [0.1, 0.15) is 5.75 Å². The van der Waals surface area contributed by atoms with Crippen molar-refractivity contribution < 1.29 is 17.9 Å². The van der Waals surface area contributed by atoms with Crippen molar-refractivity contribution in [1.82, 2.24) is 5.32 Å². The van der Waals surface area contributed by atoms with Crippen molar-refractivity contribution in [2.24, 2.45) is 0 Å². The number of aryl methyl sites for hydroxylation is 1. The average Bonchev–Trinajstić information content (AvgIpc) is 2.55. The van der Waals surface area contributed by atoms with Gasteiger partial charge in [0.2, 0.25) is 0 Å². The molecule has 1 N–H and O–H groups in total. The molecule has 0 aliphatic rings. The van der Waals surface area contributed by atoms with Crippen molar-refractivity contribution in [3.8, 4) is 5.75 Å². The second kappa shape index (κ2) is 8.01. The standard InChI is InChI=1S/C18H20BrNO4S/c1-12-10-15(6-9-17(12)19)24-11-18(21)20-13(2)14-4-7-16(8-5-14)25(3,22)23/h4-10,13H,11H2,1-3H3,(H,20,21)/t13-/m0/s1. The van der Waals surface area contributed by atoms with Gasteiger partial charge in [-0.15, -0.1) is 0 Å². The molecule has 0 aliphatic carbocycles. The van der Waals surface area contributed by atoms with Crippen LogP contribution in [0.3, 0.4) is 0 Å². The molecule has 2 rings (SSSR count). The third-order valence-electron chi connectivity index (χ3n) is 3.69. The first-order valence-electron chi connectivity index (χ1n) is 7.65. The molecule has 0 aliphatic heterocycles. The number of carbonyl (C=O) groups excluding carboxylic acids is 1. The number of ether oxygens (including phenoxy) is 1. The molecule has 0 spiro atoms.